The number of hydrogen-bond acceptors (Lipinski definition) is 1. The fourth-order valence-corrected chi connectivity index (χ4v) is 9.33. The Morgan fingerprint density at radius 3 is 1.71 bits per heavy atom. The molecule has 0 atom stereocenters. The molecule has 0 amide bonds. The van der Waals surface area contributed by atoms with Crippen LogP contribution in [0.1, 0.15) is 0 Å². The number of thiophene rings is 1. The highest BCUT2D eigenvalue weighted by Gasteiger charge is 2.20. The number of nitrogens with zero attached hydrogens (tertiary/aromatic N) is 2. The lowest BCUT2D eigenvalue weighted by molar-refractivity contribution is 1.18. The van der Waals surface area contributed by atoms with E-state index in [0.717, 1.165) is 0 Å². The maximum atomic E-state index is 2.50. The predicted molar refractivity (Wildman–Crippen MR) is 219 cm³/mol. The molecular formula is C48H30N2S. The van der Waals surface area contributed by atoms with Gasteiger partial charge in [0.1, 0.15) is 0 Å². The van der Waals surface area contributed by atoms with E-state index in [9.17, 15) is 0 Å². The first kappa shape index (κ1) is 28.4. The SMILES string of the molecule is c1ccc(-c2cccc(-n3c4ccc(-c5ccc6c(c5)c5ccccc5n6-c5ccccc5)cc4c4ccc5sc6ccccc6c5c43)c2)cc1. The van der Waals surface area contributed by atoms with Gasteiger partial charge in [0.05, 0.1) is 22.1 Å². The van der Waals surface area contributed by atoms with Crippen molar-refractivity contribution in [1.29, 1.82) is 0 Å². The number of aromatic nitrogens is 2. The Kier molecular flexibility index (Phi) is 6.16. The molecule has 238 valence electrons. The van der Waals surface area contributed by atoms with Gasteiger partial charge in [0, 0.05) is 53.1 Å². The van der Waals surface area contributed by atoms with Gasteiger partial charge in [-0.3, -0.25) is 0 Å². The van der Waals surface area contributed by atoms with E-state index in [1.165, 1.54) is 97.4 Å². The zero-order valence-corrected chi connectivity index (χ0v) is 28.4. The molecule has 0 spiro atoms. The Morgan fingerprint density at radius 2 is 0.902 bits per heavy atom. The van der Waals surface area contributed by atoms with Gasteiger partial charge in [-0.05, 0) is 89.0 Å². The summed E-state index contributed by atoms with van der Waals surface area (Å²) >= 11 is 1.88. The maximum Gasteiger partial charge on any atom is 0.0634 e. The van der Waals surface area contributed by atoms with E-state index in [1.807, 2.05) is 11.3 Å². The van der Waals surface area contributed by atoms with Crippen LogP contribution in [-0.4, -0.2) is 9.13 Å². The molecule has 0 bridgehead atoms. The molecule has 0 saturated carbocycles. The van der Waals surface area contributed by atoms with Crippen LogP contribution < -0.4 is 0 Å². The van der Waals surface area contributed by atoms with Crippen LogP contribution in [0.3, 0.4) is 0 Å². The molecule has 2 nitrogen and oxygen atoms in total. The molecule has 0 unspecified atom stereocenters. The van der Waals surface area contributed by atoms with Crippen LogP contribution in [0.5, 0.6) is 0 Å². The predicted octanol–water partition coefficient (Wildman–Crippen LogP) is 13.6. The molecule has 3 heterocycles. The maximum absolute atomic E-state index is 2.50. The highest BCUT2D eigenvalue weighted by atomic mass is 32.1. The second kappa shape index (κ2) is 11.0. The van der Waals surface area contributed by atoms with E-state index in [2.05, 4.69) is 191 Å². The van der Waals surface area contributed by atoms with E-state index in [0.29, 0.717) is 0 Å². The minimum Gasteiger partial charge on any atom is -0.309 e. The van der Waals surface area contributed by atoms with Crippen molar-refractivity contribution in [2.45, 2.75) is 0 Å². The lowest BCUT2D eigenvalue weighted by atomic mass is 10.00. The normalized spacial score (nSPS) is 11.9. The van der Waals surface area contributed by atoms with E-state index in [-0.39, 0.29) is 0 Å². The molecule has 51 heavy (non-hydrogen) atoms. The molecule has 3 heteroatoms. The van der Waals surface area contributed by atoms with Crippen molar-refractivity contribution < 1.29 is 0 Å². The highest BCUT2D eigenvalue weighted by molar-refractivity contribution is 7.26. The van der Waals surface area contributed by atoms with Gasteiger partial charge in [0.15, 0.2) is 0 Å². The van der Waals surface area contributed by atoms with E-state index >= 15 is 0 Å². The first-order chi connectivity index (χ1) is 25.3. The van der Waals surface area contributed by atoms with Crippen molar-refractivity contribution >= 4 is 75.1 Å². The summed E-state index contributed by atoms with van der Waals surface area (Å²) in [6.07, 6.45) is 0. The fourth-order valence-electron chi connectivity index (χ4n) is 8.23. The Hall–Kier alpha value is -6.42. The quantitative estimate of drug-likeness (QED) is 0.177. The van der Waals surface area contributed by atoms with Crippen LogP contribution in [0.15, 0.2) is 182 Å². The summed E-state index contributed by atoms with van der Waals surface area (Å²) in [6.45, 7) is 0. The van der Waals surface area contributed by atoms with E-state index < -0.39 is 0 Å². The largest absolute Gasteiger partial charge is 0.309 e. The second-order valence-corrected chi connectivity index (χ2v) is 14.4. The van der Waals surface area contributed by atoms with Crippen molar-refractivity contribution in [2.75, 3.05) is 0 Å². The first-order valence-corrected chi connectivity index (χ1v) is 18.3. The molecule has 8 aromatic carbocycles. The fraction of sp³-hybridized carbons (Fsp3) is 0. The van der Waals surface area contributed by atoms with Gasteiger partial charge in [-0.15, -0.1) is 11.3 Å². The van der Waals surface area contributed by atoms with Crippen molar-refractivity contribution in [2.24, 2.45) is 0 Å². The average molecular weight is 667 g/mol. The third-order valence-corrected chi connectivity index (χ3v) is 11.6. The Morgan fingerprint density at radius 1 is 0.314 bits per heavy atom. The molecule has 0 aliphatic heterocycles. The van der Waals surface area contributed by atoms with Crippen LogP contribution >= 0.6 is 11.3 Å². The minimum atomic E-state index is 1.17. The van der Waals surface area contributed by atoms with Crippen molar-refractivity contribution in [1.82, 2.24) is 9.13 Å². The second-order valence-electron chi connectivity index (χ2n) is 13.3. The van der Waals surface area contributed by atoms with Crippen molar-refractivity contribution in [3.63, 3.8) is 0 Å². The average Bonchev–Trinajstić information content (AvgIpc) is 3.85. The van der Waals surface area contributed by atoms with Crippen LogP contribution in [0.4, 0.5) is 0 Å². The molecular weight excluding hydrogens is 637 g/mol. The summed E-state index contributed by atoms with van der Waals surface area (Å²) < 4.78 is 7.51. The molecule has 0 radical (unpaired) electrons. The third kappa shape index (κ3) is 4.29. The van der Waals surface area contributed by atoms with Gasteiger partial charge >= 0.3 is 0 Å². The highest BCUT2D eigenvalue weighted by Crippen LogP contribution is 2.44. The number of fused-ring (bicyclic) bond motifs is 10. The van der Waals surface area contributed by atoms with Gasteiger partial charge in [-0.1, -0.05) is 115 Å². The summed E-state index contributed by atoms with van der Waals surface area (Å²) in [7, 11) is 0. The Labute approximate surface area is 298 Å². The molecule has 11 aromatic rings. The smallest absolute Gasteiger partial charge is 0.0634 e. The summed E-state index contributed by atoms with van der Waals surface area (Å²) in [5.41, 5.74) is 12.1. The number of para-hydroxylation sites is 2. The lowest BCUT2D eigenvalue weighted by Crippen LogP contribution is -1.95. The molecule has 0 N–H and O–H groups in total. The first-order valence-electron chi connectivity index (χ1n) is 17.4. The number of rotatable bonds is 4. The molecule has 11 rings (SSSR count). The van der Waals surface area contributed by atoms with Gasteiger partial charge in [-0.2, -0.15) is 0 Å². The van der Waals surface area contributed by atoms with Crippen LogP contribution in [0.2, 0.25) is 0 Å². The van der Waals surface area contributed by atoms with Crippen molar-refractivity contribution in [3.8, 4) is 33.6 Å². The zero-order chi connectivity index (χ0) is 33.5. The molecule has 0 aliphatic rings. The van der Waals surface area contributed by atoms with Gasteiger partial charge in [0.2, 0.25) is 0 Å². The standard InChI is InChI=1S/C48H30N2S/c1-3-12-31(13-4-1)32-14-11-17-36(28-32)50-44-26-23-34(30-41(44)38-24-27-46-47(48(38)50)39-19-8-10-21-45(39)51-46)33-22-25-43-40(29-33)37-18-7-9-20-42(37)49(43)35-15-5-2-6-16-35/h1-30H. The summed E-state index contributed by atoms with van der Waals surface area (Å²) in [4.78, 5) is 0. The Bertz CT molecular complexity index is 3130. The van der Waals surface area contributed by atoms with Crippen LogP contribution in [0, 0.1) is 0 Å². The molecule has 3 aromatic heterocycles. The zero-order valence-electron chi connectivity index (χ0n) is 27.6. The van der Waals surface area contributed by atoms with Crippen LogP contribution in [0.25, 0.3) is 97.4 Å². The molecule has 0 saturated heterocycles. The number of benzene rings is 8. The van der Waals surface area contributed by atoms with E-state index in [4.69, 9.17) is 0 Å². The topological polar surface area (TPSA) is 9.86 Å². The Balaban J connectivity index is 1.18. The van der Waals surface area contributed by atoms with Crippen LogP contribution in [-0.2, 0) is 0 Å². The number of hydrogen-bond donors (Lipinski definition) is 0. The summed E-state index contributed by atoms with van der Waals surface area (Å²) in [6, 6.07) is 66.6. The third-order valence-electron chi connectivity index (χ3n) is 10.5. The monoisotopic (exact) mass is 666 g/mol. The summed E-state index contributed by atoms with van der Waals surface area (Å²) in [5, 5.41) is 7.70. The van der Waals surface area contributed by atoms with E-state index in [1.54, 1.807) is 0 Å². The lowest BCUT2D eigenvalue weighted by Gasteiger charge is -2.12. The molecule has 0 fully saturated rings. The van der Waals surface area contributed by atoms with Crippen molar-refractivity contribution in [3.05, 3.63) is 182 Å². The van der Waals surface area contributed by atoms with Gasteiger partial charge in [-0.25, -0.2) is 0 Å². The summed E-state index contributed by atoms with van der Waals surface area (Å²) in [5.74, 6) is 0. The molecule has 0 aliphatic carbocycles. The minimum absolute atomic E-state index is 1.17. The van der Waals surface area contributed by atoms with Gasteiger partial charge in [0.25, 0.3) is 0 Å². The van der Waals surface area contributed by atoms with Gasteiger partial charge < -0.3 is 9.13 Å².